The molecule has 2 fully saturated rings. The maximum absolute atomic E-state index is 13.9. The summed E-state index contributed by atoms with van der Waals surface area (Å²) < 4.78 is 0. The van der Waals surface area contributed by atoms with E-state index in [-0.39, 0.29) is 35.7 Å². The van der Waals surface area contributed by atoms with Gasteiger partial charge in [0, 0.05) is 36.7 Å². The zero-order valence-electron chi connectivity index (χ0n) is 20.1. The van der Waals surface area contributed by atoms with Crippen LogP contribution in [0.1, 0.15) is 50.8 Å². The molecular formula is C26H33N5O3. The molecule has 2 aliphatic heterocycles. The van der Waals surface area contributed by atoms with Crippen LogP contribution in [0.5, 0.6) is 0 Å². The fourth-order valence-corrected chi connectivity index (χ4v) is 4.53. The summed E-state index contributed by atoms with van der Waals surface area (Å²) in [6, 6.07) is 10.1. The Morgan fingerprint density at radius 1 is 1.15 bits per heavy atom. The molecule has 0 radical (unpaired) electrons. The van der Waals surface area contributed by atoms with E-state index in [2.05, 4.69) is 36.4 Å². The molecule has 0 spiro atoms. The molecule has 180 valence electrons. The summed E-state index contributed by atoms with van der Waals surface area (Å²) in [6.45, 7) is 7.94. The lowest BCUT2D eigenvalue weighted by atomic mass is 9.87. The van der Waals surface area contributed by atoms with Crippen molar-refractivity contribution >= 4 is 23.4 Å². The molecule has 2 aliphatic rings. The van der Waals surface area contributed by atoms with Crippen molar-refractivity contribution in [3.63, 3.8) is 0 Å². The van der Waals surface area contributed by atoms with Gasteiger partial charge in [0.1, 0.15) is 6.04 Å². The van der Waals surface area contributed by atoms with Crippen molar-refractivity contribution in [1.82, 2.24) is 20.5 Å². The molecule has 2 aromatic rings. The number of pyridine rings is 1. The van der Waals surface area contributed by atoms with Crippen LogP contribution in [0.3, 0.4) is 0 Å². The third-order valence-corrected chi connectivity index (χ3v) is 6.45. The summed E-state index contributed by atoms with van der Waals surface area (Å²) in [4.78, 5) is 47.2. The van der Waals surface area contributed by atoms with E-state index in [1.54, 1.807) is 23.4 Å². The summed E-state index contributed by atoms with van der Waals surface area (Å²) in [7, 11) is 0. The number of benzene rings is 1. The first-order chi connectivity index (χ1) is 16.3. The summed E-state index contributed by atoms with van der Waals surface area (Å²) in [5, 5.41) is 6.04. The lowest BCUT2D eigenvalue weighted by molar-refractivity contribution is -0.140. The lowest BCUT2D eigenvalue weighted by Gasteiger charge is -2.37. The molecule has 1 unspecified atom stereocenters. The van der Waals surface area contributed by atoms with Gasteiger partial charge in [-0.25, -0.2) is 0 Å². The van der Waals surface area contributed by atoms with Crippen molar-refractivity contribution < 1.29 is 14.4 Å². The van der Waals surface area contributed by atoms with Crippen LogP contribution in [0.15, 0.2) is 48.8 Å². The van der Waals surface area contributed by atoms with Crippen LogP contribution < -0.4 is 15.5 Å². The number of amides is 3. The Bertz CT molecular complexity index is 1030. The van der Waals surface area contributed by atoms with E-state index in [0.717, 1.165) is 24.9 Å². The number of anilines is 1. The SMILES string of the molecule is CC(C)(C)c1ccc(N(C(=O)[C@H]2CCCN2)C(C(=O)N2CCNC(=O)C2)c2cccnc2)cc1. The van der Waals surface area contributed by atoms with Gasteiger partial charge in [-0.1, -0.05) is 39.0 Å². The molecule has 0 saturated carbocycles. The maximum atomic E-state index is 13.9. The molecule has 0 aliphatic carbocycles. The van der Waals surface area contributed by atoms with Crippen LogP contribution in [0.2, 0.25) is 0 Å². The summed E-state index contributed by atoms with van der Waals surface area (Å²) >= 11 is 0. The van der Waals surface area contributed by atoms with E-state index in [9.17, 15) is 14.4 Å². The highest BCUT2D eigenvalue weighted by molar-refractivity contribution is 6.04. The predicted molar refractivity (Wildman–Crippen MR) is 130 cm³/mol. The van der Waals surface area contributed by atoms with Crippen LogP contribution >= 0.6 is 0 Å². The molecule has 1 aromatic heterocycles. The van der Waals surface area contributed by atoms with E-state index in [1.165, 1.54) is 4.90 Å². The number of piperazine rings is 1. The topological polar surface area (TPSA) is 94.6 Å². The Hall–Kier alpha value is -3.26. The average Bonchev–Trinajstić information content (AvgIpc) is 3.37. The highest BCUT2D eigenvalue weighted by atomic mass is 16.2. The normalized spacial score (nSPS) is 19.4. The van der Waals surface area contributed by atoms with E-state index in [4.69, 9.17) is 0 Å². The molecule has 0 bridgehead atoms. The summed E-state index contributed by atoms with van der Waals surface area (Å²) in [5.41, 5.74) is 2.36. The van der Waals surface area contributed by atoms with Gasteiger partial charge in [-0.3, -0.25) is 24.3 Å². The maximum Gasteiger partial charge on any atom is 0.250 e. The van der Waals surface area contributed by atoms with Crippen LogP contribution in [0.4, 0.5) is 5.69 Å². The third kappa shape index (κ3) is 5.12. The molecule has 2 atom stereocenters. The summed E-state index contributed by atoms with van der Waals surface area (Å²) in [6.07, 6.45) is 4.89. The number of hydrogen-bond donors (Lipinski definition) is 2. The van der Waals surface area contributed by atoms with Gasteiger partial charge in [0.05, 0.1) is 12.6 Å². The van der Waals surface area contributed by atoms with Gasteiger partial charge in [0.2, 0.25) is 11.8 Å². The van der Waals surface area contributed by atoms with E-state index in [0.29, 0.717) is 24.3 Å². The molecule has 2 N–H and O–H groups in total. The Morgan fingerprint density at radius 3 is 2.50 bits per heavy atom. The first-order valence-electron chi connectivity index (χ1n) is 11.9. The minimum absolute atomic E-state index is 0.0255. The fourth-order valence-electron chi connectivity index (χ4n) is 4.53. The fraction of sp³-hybridized carbons (Fsp3) is 0.462. The van der Waals surface area contributed by atoms with Crippen LogP contribution in [-0.2, 0) is 19.8 Å². The Kier molecular flexibility index (Phi) is 6.97. The minimum atomic E-state index is -0.921. The van der Waals surface area contributed by atoms with Gasteiger partial charge in [0.25, 0.3) is 5.91 Å². The minimum Gasteiger partial charge on any atom is -0.353 e. The van der Waals surface area contributed by atoms with Crippen molar-refractivity contribution in [3.8, 4) is 0 Å². The number of rotatable bonds is 5. The van der Waals surface area contributed by atoms with Gasteiger partial charge in [-0.05, 0) is 48.6 Å². The van der Waals surface area contributed by atoms with Gasteiger partial charge < -0.3 is 15.5 Å². The second-order valence-electron chi connectivity index (χ2n) is 9.95. The summed E-state index contributed by atoms with van der Waals surface area (Å²) in [5.74, 6) is -0.631. The first kappa shape index (κ1) is 23.9. The lowest BCUT2D eigenvalue weighted by Crippen LogP contribution is -2.55. The van der Waals surface area contributed by atoms with Crippen molar-refractivity contribution in [2.45, 2.75) is 51.1 Å². The molecule has 8 heteroatoms. The molecule has 1 aromatic carbocycles. The van der Waals surface area contributed by atoms with Crippen molar-refractivity contribution in [2.24, 2.45) is 0 Å². The first-order valence-corrected chi connectivity index (χ1v) is 11.9. The number of aromatic nitrogens is 1. The van der Waals surface area contributed by atoms with E-state index >= 15 is 0 Å². The molecule has 3 heterocycles. The Labute approximate surface area is 200 Å². The largest absolute Gasteiger partial charge is 0.353 e. The Morgan fingerprint density at radius 2 is 1.91 bits per heavy atom. The van der Waals surface area contributed by atoms with Gasteiger partial charge in [0.15, 0.2) is 0 Å². The number of carbonyl (C=O) groups excluding carboxylic acids is 3. The van der Waals surface area contributed by atoms with Crippen molar-refractivity contribution in [1.29, 1.82) is 0 Å². The smallest absolute Gasteiger partial charge is 0.250 e. The second kappa shape index (κ2) is 9.93. The molecular weight excluding hydrogens is 430 g/mol. The molecule has 2 saturated heterocycles. The molecule has 8 nitrogen and oxygen atoms in total. The zero-order chi connectivity index (χ0) is 24.3. The predicted octanol–water partition coefficient (Wildman–Crippen LogP) is 2.16. The zero-order valence-corrected chi connectivity index (χ0v) is 20.1. The van der Waals surface area contributed by atoms with Crippen molar-refractivity contribution in [2.75, 3.05) is 31.1 Å². The molecule has 4 rings (SSSR count). The number of carbonyl (C=O) groups is 3. The molecule has 34 heavy (non-hydrogen) atoms. The standard InChI is InChI=1S/C26H33N5O3/c1-26(2,3)19-8-10-20(11-9-19)31(24(33)21-7-5-13-28-21)23(18-6-4-12-27-16-18)25(34)30-15-14-29-22(32)17-30/h4,6,8-12,16,21,23,28H,5,7,13-15,17H2,1-3H3,(H,29,32)/t21-,23?/m1/s1. The average molecular weight is 464 g/mol. The van der Waals surface area contributed by atoms with Gasteiger partial charge in [-0.2, -0.15) is 0 Å². The highest BCUT2D eigenvalue weighted by Gasteiger charge is 2.40. The quantitative estimate of drug-likeness (QED) is 0.709. The van der Waals surface area contributed by atoms with Crippen molar-refractivity contribution in [3.05, 3.63) is 59.9 Å². The monoisotopic (exact) mass is 463 g/mol. The number of nitrogens with one attached hydrogen (secondary N) is 2. The highest BCUT2D eigenvalue weighted by Crippen LogP contribution is 2.33. The third-order valence-electron chi connectivity index (χ3n) is 6.45. The van der Waals surface area contributed by atoms with E-state index < -0.39 is 6.04 Å². The van der Waals surface area contributed by atoms with E-state index in [1.807, 2.05) is 30.3 Å². The van der Waals surface area contributed by atoms with Crippen LogP contribution in [-0.4, -0.2) is 59.8 Å². The number of nitrogens with zero attached hydrogens (tertiary/aromatic N) is 3. The van der Waals surface area contributed by atoms with Crippen LogP contribution in [0.25, 0.3) is 0 Å². The second-order valence-corrected chi connectivity index (χ2v) is 9.95. The molecule has 3 amide bonds. The number of hydrogen-bond acceptors (Lipinski definition) is 5. The van der Waals surface area contributed by atoms with Crippen LogP contribution in [0, 0.1) is 0 Å². The Balaban J connectivity index is 1.79. The van der Waals surface area contributed by atoms with Gasteiger partial charge >= 0.3 is 0 Å². The van der Waals surface area contributed by atoms with Gasteiger partial charge in [-0.15, -0.1) is 0 Å².